The van der Waals surface area contributed by atoms with Crippen LogP contribution in [-0.4, -0.2) is 72.4 Å². The highest BCUT2D eigenvalue weighted by atomic mass is 35.5. The lowest BCUT2D eigenvalue weighted by Gasteiger charge is -2.23. The van der Waals surface area contributed by atoms with Gasteiger partial charge in [0.15, 0.2) is 6.61 Å². The van der Waals surface area contributed by atoms with Crippen molar-refractivity contribution in [3.8, 4) is 6.01 Å². The third kappa shape index (κ3) is 8.68. The summed E-state index contributed by atoms with van der Waals surface area (Å²) in [6.45, 7) is -0.0502. The van der Waals surface area contributed by atoms with Gasteiger partial charge < -0.3 is 25.2 Å². The molecule has 0 unspecified atom stereocenters. The molecular formula is C27H32ClF3N7O2+. The third-order valence-electron chi connectivity index (χ3n) is 6.17. The number of halogens is 4. The van der Waals surface area contributed by atoms with E-state index in [1.165, 1.54) is 0 Å². The molecule has 0 saturated heterocycles. The zero-order valence-electron chi connectivity index (χ0n) is 22.5. The first-order chi connectivity index (χ1) is 18.8. The fraction of sp³-hybridized carbons (Fsp3) is 0.407. The Bertz CT molecular complexity index is 1310. The van der Waals surface area contributed by atoms with Gasteiger partial charge in [-0.2, -0.15) is 28.1 Å². The largest absolute Gasteiger partial charge is 0.454 e. The van der Waals surface area contributed by atoms with E-state index in [4.69, 9.17) is 16.3 Å². The molecule has 0 bridgehead atoms. The molecule has 1 aliphatic carbocycles. The number of rotatable bonds is 12. The number of anilines is 3. The van der Waals surface area contributed by atoms with Crippen molar-refractivity contribution in [3.63, 3.8) is 0 Å². The molecule has 13 heteroatoms. The van der Waals surface area contributed by atoms with Gasteiger partial charge in [-0.3, -0.25) is 4.79 Å². The van der Waals surface area contributed by atoms with Crippen molar-refractivity contribution in [1.29, 1.82) is 0 Å². The predicted octanol–water partition coefficient (Wildman–Crippen LogP) is 5.14. The Morgan fingerprint density at radius 1 is 1.00 bits per heavy atom. The molecule has 0 spiro atoms. The summed E-state index contributed by atoms with van der Waals surface area (Å²) >= 11 is 6.01. The SMILES string of the molecule is C[N+](C)(C)CCCNC(=O)c1ccc(Nc2nc(NC3(c4ccc(Cl)cc4)CC3)nc(OCC(F)(F)F)n2)cc1. The molecule has 1 aliphatic rings. The number of carbonyl (C=O) groups excluding carboxylic acids is 1. The zero-order chi connectivity index (χ0) is 29.0. The monoisotopic (exact) mass is 578 g/mol. The number of nitrogens with one attached hydrogen (secondary N) is 3. The molecule has 214 valence electrons. The molecule has 3 N–H and O–H groups in total. The molecule has 1 aromatic heterocycles. The maximum Gasteiger partial charge on any atom is 0.422 e. The second kappa shape index (κ2) is 11.8. The van der Waals surface area contributed by atoms with Crippen molar-refractivity contribution in [3.05, 3.63) is 64.7 Å². The van der Waals surface area contributed by atoms with Crippen molar-refractivity contribution >= 4 is 35.1 Å². The van der Waals surface area contributed by atoms with Crippen molar-refractivity contribution in [1.82, 2.24) is 20.3 Å². The fourth-order valence-corrected chi connectivity index (χ4v) is 4.09. The quantitative estimate of drug-likeness (QED) is 0.202. The number of carbonyl (C=O) groups is 1. The lowest BCUT2D eigenvalue weighted by Crippen LogP contribution is -2.37. The topological polar surface area (TPSA) is 101 Å². The highest BCUT2D eigenvalue weighted by Gasteiger charge is 2.45. The van der Waals surface area contributed by atoms with Crippen LogP contribution in [0.5, 0.6) is 6.01 Å². The molecule has 1 saturated carbocycles. The maximum absolute atomic E-state index is 12.8. The first-order valence-electron chi connectivity index (χ1n) is 12.8. The number of benzene rings is 2. The molecule has 9 nitrogen and oxygen atoms in total. The van der Waals surface area contributed by atoms with Gasteiger partial charge in [0.1, 0.15) is 0 Å². The van der Waals surface area contributed by atoms with Gasteiger partial charge in [0.25, 0.3) is 5.91 Å². The van der Waals surface area contributed by atoms with Gasteiger partial charge in [0.2, 0.25) is 11.9 Å². The van der Waals surface area contributed by atoms with Gasteiger partial charge in [0, 0.05) is 29.2 Å². The summed E-state index contributed by atoms with van der Waals surface area (Å²) in [4.78, 5) is 24.9. The van der Waals surface area contributed by atoms with Gasteiger partial charge in [-0.15, -0.1) is 0 Å². The molecule has 0 aliphatic heterocycles. The van der Waals surface area contributed by atoms with Crippen molar-refractivity contribution in [2.75, 3.05) is 51.5 Å². The van der Waals surface area contributed by atoms with E-state index in [0.717, 1.165) is 35.9 Å². The van der Waals surface area contributed by atoms with E-state index < -0.39 is 24.3 Å². The summed E-state index contributed by atoms with van der Waals surface area (Å²) < 4.78 is 44.1. The third-order valence-corrected chi connectivity index (χ3v) is 6.42. The molecular weight excluding hydrogens is 547 g/mol. The molecule has 1 fully saturated rings. The number of hydrogen-bond donors (Lipinski definition) is 3. The van der Waals surface area contributed by atoms with Crippen molar-refractivity contribution in [2.24, 2.45) is 0 Å². The van der Waals surface area contributed by atoms with Crippen LogP contribution in [-0.2, 0) is 5.54 Å². The van der Waals surface area contributed by atoms with Gasteiger partial charge in [-0.1, -0.05) is 23.7 Å². The number of alkyl halides is 3. The van der Waals surface area contributed by atoms with Crippen LogP contribution in [0.15, 0.2) is 48.5 Å². The van der Waals surface area contributed by atoms with Crippen LogP contribution in [0, 0.1) is 0 Å². The normalized spacial score (nSPS) is 14.4. The molecule has 3 aromatic rings. The molecule has 1 amide bonds. The minimum Gasteiger partial charge on any atom is -0.454 e. The lowest BCUT2D eigenvalue weighted by atomic mass is 10.1. The lowest BCUT2D eigenvalue weighted by molar-refractivity contribution is -0.870. The fourth-order valence-electron chi connectivity index (χ4n) is 3.96. The van der Waals surface area contributed by atoms with Crippen LogP contribution in [0.1, 0.15) is 35.2 Å². The van der Waals surface area contributed by atoms with E-state index in [1.54, 1.807) is 36.4 Å². The highest BCUT2D eigenvalue weighted by molar-refractivity contribution is 6.30. The van der Waals surface area contributed by atoms with E-state index in [-0.39, 0.29) is 17.8 Å². The van der Waals surface area contributed by atoms with Crippen molar-refractivity contribution in [2.45, 2.75) is 31.0 Å². The van der Waals surface area contributed by atoms with Gasteiger partial charge >= 0.3 is 12.2 Å². The summed E-state index contributed by atoms with van der Waals surface area (Å²) in [7, 11) is 6.27. The van der Waals surface area contributed by atoms with Gasteiger partial charge in [-0.25, -0.2) is 0 Å². The Kier molecular flexibility index (Phi) is 8.69. The van der Waals surface area contributed by atoms with Gasteiger partial charge in [0.05, 0.1) is 33.2 Å². The molecule has 40 heavy (non-hydrogen) atoms. The maximum atomic E-state index is 12.8. The van der Waals surface area contributed by atoms with E-state index in [1.807, 2.05) is 12.1 Å². The smallest absolute Gasteiger partial charge is 0.422 e. The Morgan fingerprint density at radius 3 is 2.25 bits per heavy atom. The van der Waals surface area contributed by atoms with E-state index in [9.17, 15) is 18.0 Å². The summed E-state index contributed by atoms with van der Waals surface area (Å²) in [5.74, 6) is -0.148. The average Bonchev–Trinajstić information content (AvgIpc) is 3.65. The van der Waals surface area contributed by atoms with Crippen LogP contribution in [0.4, 0.5) is 30.8 Å². The van der Waals surface area contributed by atoms with Gasteiger partial charge in [-0.05, 0) is 54.8 Å². The summed E-state index contributed by atoms with van der Waals surface area (Å²) in [6.07, 6.45) is -2.15. The number of quaternary nitrogens is 1. The van der Waals surface area contributed by atoms with Crippen LogP contribution >= 0.6 is 11.6 Å². The highest BCUT2D eigenvalue weighted by Crippen LogP contribution is 2.48. The Labute approximate surface area is 235 Å². The number of hydrogen-bond acceptors (Lipinski definition) is 7. The molecule has 0 radical (unpaired) electrons. The molecule has 4 rings (SSSR count). The Morgan fingerprint density at radius 2 is 1.65 bits per heavy atom. The van der Waals surface area contributed by atoms with E-state index >= 15 is 0 Å². The van der Waals surface area contributed by atoms with E-state index in [2.05, 4.69) is 52.0 Å². The number of nitrogens with zero attached hydrogens (tertiary/aromatic N) is 4. The van der Waals surface area contributed by atoms with Crippen LogP contribution in [0.2, 0.25) is 5.02 Å². The minimum absolute atomic E-state index is 0.0147. The van der Waals surface area contributed by atoms with Crippen molar-refractivity contribution < 1.29 is 27.2 Å². The minimum atomic E-state index is -4.56. The Balaban J connectivity index is 1.46. The predicted molar refractivity (Wildman–Crippen MR) is 147 cm³/mol. The first kappa shape index (κ1) is 29.3. The second-order valence-electron chi connectivity index (χ2n) is 10.7. The first-order valence-corrected chi connectivity index (χ1v) is 13.1. The van der Waals surface area contributed by atoms with Crippen LogP contribution < -0.4 is 20.7 Å². The summed E-state index contributed by atoms with van der Waals surface area (Å²) in [5, 5.41) is 9.68. The number of amides is 1. The molecule has 2 aromatic carbocycles. The summed E-state index contributed by atoms with van der Waals surface area (Å²) in [5.41, 5.74) is 1.49. The second-order valence-corrected chi connectivity index (χ2v) is 11.1. The average molecular weight is 579 g/mol. The van der Waals surface area contributed by atoms with E-state index in [0.29, 0.717) is 22.8 Å². The van der Waals surface area contributed by atoms with Crippen LogP contribution in [0.3, 0.4) is 0 Å². The van der Waals surface area contributed by atoms with Crippen LogP contribution in [0.25, 0.3) is 0 Å². The number of ether oxygens (including phenoxy) is 1. The summed E-state index contributed by atoms with van der Waals surface area (Å²) in [6, 6.07) is 13.4. The zero-order valence-corrected chi connectivity index (χ0v) is 23.2. The standard InChI is InChI=1S/C27H31ClF3N7O2/c1-38(2,3)16-4-15-32-22(39)18-5-11-21(12-6-18)33-23-34-24(36-25(35-23)40-17-27(29,30)31)37-26(13-14-26)19-7-9-20(28)10-8-19/h5-12H,4,13-17H2,1-3H3,(H2-,32,33,34,35,36,37,39)/p+1. The number of aromatic nitrogens is 3. The Hall–Kier alpha value is -3.64. The molecule has 0 atom stereocenters. The molecule has 1 heterocycles.